The molecule has 170 valence electrons. The van der Waals surface area contributed by atoms with Gasteiger partial charge in [0.2, 0.25) is 0 Å². The number of rotatable bonds is 5. The van der Waals surface area contributed by atoms with Gasteiger partial charge >= 0.3 is 12.0 Å². The molecule has 4 rings (SSSR count). The lowest BCUT2D eigenvalue weighted by Gasteiger charge is -2.19. The van der Waals surface area contributed by atoms with Crippen LogP contribution in [0.15, 0.2) is 48.8 Å². The van der Waals surface area contributed by atoms with Crippen molar-refractivity contribution in [3.05, 3.63) is 54.4 Å². The molecule has 1 aromatic carbocycles. The molecule has 4 N–H and O–H groups in total. The van der Waals surface area contributed by atoms with Crippen LogP contribution in [0.4, 0.5) is 16.3 Å². The van der Waals surface area contributed by atoms with Crippen LogP contribution in [0.5, 0.6) is 11.5 Å². The first-order valence-corrected chi connectivity index (χ1v) is 9.90. The molecular weight excluding hydrogens is 432 g/mol. The number of amides is 3. The Bertz CT molecular complexity index is 1200. The number of nitrogen functional groups attached to an aromatic ring is 1. The van der Waals surface area contributed by atoms with Gasteiger partial charge in [-0.05, 0) is 31.2 Å². The van der Waals surface area contributed by atoms with Gasteiger partial charge in [0.1, 0.15) is 24.6 Å². The fraction of sp³-hybridized carbons (Fsp3) is 0.190. The van der Waals surface area contributed by atoms with Gasteiger partial charge in [-0.25, -0.2) is 14.6 Å². The van der Waals surface area contributed by atoms with E-state index in [0.29, 0.717) is 36.2 Å². The fourth-order valence-corrected chi connectivity index (χ4v) is 2.95. The number of aromatic nitrogens is 3. The normalized spacial score (nSPS) is 13.0. The molecule has 12 nitrogen and oxygen atoms in total. The van der Waals surface area contributed by atoms with Gasteiger partial charge in [-0.3, -0.25) is 10.1 Å². The van der Waals surface area contributed by atoms with E-state index in [9.17, 15) is 14.4 Å². The topological polar surface area (TPSA) is 160 Å². The van der Waals surface area contributed by atoms with Gasteiger partial charge in [-0.2, -0.15) is 9.78 Å². The Morgan fingerprint density at radius 1 is 1.15 bits per heavy atom. The van der Waals surface area contributed by atoms with Crippen LogP contribution in [0.1, 0.15) is 17.3 Å². The fourth-order valence-electron chi connectivity index (χ4n) is 2.95. The zero-order chi connectivity index (χ0) is 23.4. The van der Waals surface area contributed by atoms with Crippen LogP contribution in [-0.4, -0.2) is 52.0 Å². The lowest BCUT2D eigenvalue weighted by molar-refractivity contribution is -0.127. The smallest absolute Gasteiger partial charge is 0.344 e. The molecule has 2 aromatic heterocycles. The quantitative estimate of drug-likeness (QED) is 0.488. The molecule has 3 aromatic rings. The molecule has 0 bridgehead atoms. The van der Waals surface area contributed by atoms with E-state index in [1.165, 1.54) is 17.8 Å². The number of imide groups is 1. The predicted molar refractivity (Wildman–Crippen MR) is 115 cm³/mol. The lowest BCUT2D eigenvalue weighted by atomic mass is 10.2. The molecule has 3 amide bonds. The molecule has 33 heavy (non-hydrogen) atoms. The van der Waals surface area contributed by atoms with Crippen LogP contribution in [0, 0.1) is 0 Å². The second-order valence-electron chi connectivity index (χ2n) is 6.89. The third-order valence-corrected chi connectivity index (χ3v) is 4.58. The average molecular weight is 452 g/mol. The Hall–Kier alpha value is -4.61. The van der Waals surface area contributed by atoms with Gasteiger partial charge < -0.3 is 25.3 Å². The number of hydrogen-bond donors (Lipinski definition) is 3. The average Bonchev–Trinajstić information content (AvgIpc) is 3.20. The third-order valence-electron chi connectivity index (χ3n) is 4.58. The molecule has 1 aliphatic rings. The van der Waals surface area contributed by atoms with Crippen molar-refractivity contribution in [3.63, 3.8) is 0 Å². The largest absolute Gasteiger partial charge is 0.486 e. The van der Waals surface area contributed by atoms with E-state index in [1.54, 1.807) is 42.6 Å². The summed E-state index contributed by atoms with van der Waals surface area (Å²) < 4.78 is 17.3. The number of pyridine rings is 1. The van der Waals surface area contributed by atoms with Crippen molar-refractivity contribution in [3.8, 4) is 17.3 Å². The van der Waals surface area contributed by atoms with E-state index >= 15 is 0 Å². The second kappa shape index (κ2) is 9.26. The summed E-state index contributed by atoms with van der Waals surface area (Å²) in [5.41, 5.74) is 6.33. The molecule has 0 saturated heterocycles. The first-order valence-electron chi connectivity index (χ1n) is 9.90. The number of nitrogens with one attached hydrogen (secondary N) is 2. The minimum Gasteiger partial charge on any atom is -0.486 e. The van der Waals surface area contributed by atoms with Crippen molar-refractivity contribution in [2.75, 3.05) is 24.3 Å². The third kappa shape index (κ3) is 4.84. The van der Waals surface area contributed by atoms with Crippen molar-refractivity contribution < 1.29 is 28.6 Å². The lowest BCUT2D eigenvalue weighted by Crippen LogP contribution is -2.41. The molecule has 12 heteroatoms. The summed E-state index contributed by atoms with van der Waals surface area (Å²) in [6.07, 6.45) is 1.49. The number of nitrogens with two attached hydrogens (primary N) is 1. The minimum atomic E-state index is -1.28. The minimum absolute atomic E-state index is 0.00246. The number of esters is 1. The van der Waals surface area contributed by atoms with Crippen LogP contribution in [0.2, 0.25) is 0 Å². The SMILES string of the molecule is CC(OC(=O)c1cnn(-c2ccccn2)c1N)C(=O)NC(=O)Nc1ccc2c(c1)OCCO2. The maximum absolute atomic E-state index is 12.5. The molecule has 0 fully saturated rings. The van der Waals surface area contributed by atoms with Gasteiger partial charge in [0, 0.05) is 18.0 Å². The molecule has 1 aliphatic heterocycles. The van der Waals surface area contributed by atoms with Crippen molar-refractivity contribution in [2.24, 2.45) is 0 Å². The molecule has 1 atom stereocenters. The number of anilines is 2. The Labute approximate surface area is 187 Å². The van der Waals surface area contributed by atoms with Gasteiger partial charge in [0.25, 0.3) is 5.91 Å². The van der Waals surface area contributed by atoms with Crippen molar-refractivity contribution in [1.29, 1.82) is 0 Å². The maximum atomic E-state index is 12.5. The molecule has 3 heterocycles. The van der Waals surface area contributed by atoms with Gasteiger partial charge in [-0.15, -0.1) is 0 Å². The highest BCUT2D eigenvalue weighted by atomic mass is 16.6. The number of carbonyl (C=O) groups is 3. The Morgan fingerprint density at radius 3 is 2.70 bits per heavy atom. The van der Waals surface area contributed by atoms with Crippen LogP contribution < -0.4 is 25.8 Å². The van der Waals surface area contributed by atoms with E-state index in [0.717, 1.165) is 0 Å². The van der Waals surface area contributed by atoms with E-state index in [4.69, 9.17) is 19.9 Å². The van der Waals surface area contributed by atoms with Crippen molar-refractivity contribution in [1.82, 2.24) is 20.1 Å². The van der Waals surface area contributed by atoms with Crippen LogP contribution in [0.3, 0.4) is 0 Å². The van der Waals surface area contributed by atoms with Gasteiger partial charge in [0.15, 0.2) is 23.4 Å². The number of hydrogen-bond acceptors (Lipinski definition) is 9. The van der Waals surface area contributed by atoms with Gasteiger partial charge in [0.05, 0.1) is 6.20 Å². The summed E-state index contributed by atoms with van der Waals surface area (Å²) >= 11 is 0. The van der Waals surface area contributed by atoms with E-state index < -0.39 is 24.0 Å². The highest BCUT2D eigenvalue weighted by Gasteiger charge is 2.24. The van der Waals surface area contributed by atoms with Crippen LogP contribution in [0.25, 0.3) is 5.82 Å². The summed E-state index contributed by atoms with van der Waals surface area (Å²) in [6.45, 7) is 2.17. The predicted octanol–water partition coefficient (Wildman–Crippen LogP) is 1.51. The zero-order valence-corrected chi connectivity index (χ0v) is 17.5. The standard InChI is InChI=1S/C21H20N6O6/c1-12(33-20(29)14-11-24-27(18(14)22)17-4-2-3-7-23-17)19(28)26-21(30)25-13-5-6-15-16(10-13)32-9-8-31-15/h2-7,10-12H,8-9,22H2,1H3,(H2,25,26,28,30). The van der Waals surface area contributed by atoms with E-state index in [2.05, 4.69) is 20.7 Å². The summed E-state index contributed by atoms with van der Waals surface area (Å²) in [5.74, 6) is -0.233. The zero-order valence-electron chi connectivity index (χ0n) is 17.5. The molecule has 0 spiro atoms. The monoisotopic (exact) mass is 452 g/mol. The summed E-state index contributed by atoms with van der Waals surface area (Å²) in [6, 6.07) is 9.14. The van der Waals surface area contributed by atoms with E-state index in [-0.39, 0.29) is 11.4 Å². The number of ether oxygens (including phenoxy) is 3. The molecular formula is C21H20N6O6. The molecule has 0 saturated carbocycles. The highest BCUT2D eigenvalue weighted by molar-refractivity contribution is 6.03. The summed E-state index contributed by atoms with van der Waals surface area (Å²) in [4.78, 5) is 41.0. The number of benzene rings is 1. The van der Waals surface area contributed by atoms with Crippen molar-refractivity contribution in [2.45, 2.75) is 13.0 Å². The molecule has 0 radical (unpaired) electrons. The Kier molecular flexibility index (Phi) is 6.06. The summed E-state index contributed by atoms with van der Waals surface area (Å²) in [7, 11) is 0. The number of carbonyl (C=O) groups excluding carboxylic acids is 3. The summed E-state index contributed by atoms with van der Waals surface area (Å²) in [5, 5.41) is 8.65. The molecule has 0 aliphatic carbocycles. The first-order chi connectivity index (χ1) is 15.9. The van der Waals surface area contributed by atoms with Crippen molar-refractivity contribution >= 4 is 29.4 Å². The van der Waals surface area contributed by atoms with Crippen LogP contribution >= 0.6 is 0 Å². The van der Waals surface area contributed by atoms with Crippen LogP contribution in [-0.2, 0) is 9.53 Å². The molecule has 1 unspecified atom stereocenters. The number of fused-ring (bicyclic) bond motifs is 1. The van der Waals surface area contributed by atoms with E-state index in [1.807, 2.05) is 0 Å². The number of nitrogens with zero attached hydrogens (tertiary/aromatic N) is 3. The highest BCUT2D eigenvalue weighted by Crippen LogP contribution is 2.32. The second-order valence-corrected chi connectivity index (χ2v) is 6.89. The number of urea groups is 1. The van der Waals surface area contributed by atoms with Gasteiger partial charge in [-0.1, -0.05) is 6.07 Å². The maximum Gasteiger partial charge on any atom is 0.344 e. The Balaban J connectivity index is 1.33. The first kappa shape index (κ1) is 21.6. The Morgan fingerprint density at radius 2 is 1.94 bits per heavy atom.